The maximum atomic E-state index is 12.9. The lowest BCUT2D eigenvalue weighted by atomic mass is 10.1. The van der Waals surface area contributed by atoms with Crippen LogP contribution in [0.15, 0.2) is 149 Å². The van der Waals surface area contributed by atoms with Gasteiger partial charge in [0.2, 0.25) is 15.9 Å². The van der Waals surface area contributed by atoms with E-state index in [1.165, 1.54) is 124 Å². The number of ether oxygens (including phenoxy) is 4. The number of aromatic hydroxyl groups is 1. The van der Waals surface area contributed by atoms with E-state index >= 15 is 0 Å². The number of halogens is 3. The van der Waals surface area contributed by atoms with Crippen molar-refractivity contribution in [3.8, 4) is 5.88 Å². The molecular formula is C78H102F3N9O16S3. The summed E-state index contributed by atoms with van der Waals surface area (Å²) >= 11 is 3.31. The minimum atomic E-state index is -5.16. The van der Waals surface area contributed by atoms with Gasteiger partial charge in [-0.25, -0.2) is 52.0 Å². The number of benzene rings is 3. The normalized spacial score (nSPS) is 14.2. The number of hydrogen-bond acceptors (Lipinski definition) is 19. The van der Waals surface area contributed by atoms with Crippen molar-refractivity contribution in [2.75, 3.05) is 62.4 Å². The zero-order valence-electron chi connectivity index (χ0n) is 62.6. The summed E-state index contributed by atoms with van der Waals surface area (Å²) in [4.78, 5) is 95.8. The number of sulfonamides is 1. The Morgan fingerprint density at radius 2 is 1.26 bits per heavy atom. The number of allylic oxidation sites excluding steroid dienone is 1. The lowest BCUT2D eigenvalue weighted by molar-refractivity contribution is -0.281. The number of unbranched alkanes of at least 4 members (excludes halogenated alkanes) is 18. The average Bonchev–Trinajstić information content (AvgIpc) is 1.65. The summed E-state index contributed by atoms with van der Waals surface area (Å²) in [5.74, 6) is -3.29. The number of nitrogens with one attached hydrogen (secondary N) is 2. The van der Waals surface area contributed by atoms with E-state index < -0.39 is 57.0 Å². The molecular weight excluding hydrogens is 1470 g/mol. The van der Waals surface area contributed by atoms with E-state index in [0.717, 1.165) is 67.0 Å². The average molecular weight is 1570 g/mol. The van der Waals surface area contributed by atoms with E-state index in [4.69, 9.17) is 47.0 Å². The second-order valence-electron chi connectivity index (χ2n) is 24.9. The molecule has 3 amide bonds. The number of hydrazine groups is 1. The molecule has 0 saturated carbocycles. The van der Waals surface area contributed by atoms with Gasteiger partial charge in [-0.15, -0.1) is 23.5 Å². The molecule has 0 radical (unpaired) electrons. The summed E-state index contributed by atoms with van der Waals surface area (Å²) in [6, 6.07) is 29.9. The Bertz CT molecular complexity index is 3960. The molecule has 109 heavy (non-hydrogen) atoms. The van der Waals surface area contributed by atoms with E-state index in [2.05, 4.69) is 43.7 Å². The Morgan fingerprint density at radius 1 is 0.725 bits per heavy atom. The van der Waals surface area contributed by atoms with Crippen molar-refractivity contribution in [2.45, 2.75) is 180 Å². The van der Waals surface area contributed by atoms with Gasteiger partial charge >= 0.3 is 29.7 Å². The maximum Gasteiger partial charge on any atom is 0.473 e. The molecule has 31 heteroatoms. The number of carbonyl (C=O) groups is 5. The van der Waals surface area contributed by atoms with Crippen molar-refractivity contribution in [1.29, 1.82) is 0 Å². The Kier molecular flexibility index (Phi) is 44.4. The fourth-order valence-corrected chi connectivity index (χ4v) is 13.9. The molecule has 3 aromatic carbocycles. The van der Waals surface area contributed by atoms with Gasteiger partial charge in [0.25, 0.3) is 23.3 Å². The van der Waals surface area contributed by atoms with Gasteiger partial charge in [0.05, 0.1) is 80.1 Å². The minimum Gasteiger partial charge on any atom is -0.515 e. The first-order valence-corrected chi connectivity index (χ1v) is 40.5. The van der Waals surface area contributed by atoms with Crippen molar-refractivity contribution < 1.29 is 84.5 Å². The Hall–Kier alpha value is -9.40. The molecule has 3 aliphatic rings. The number of hydrogen-bond donors (Lipinski definition) is 4. The molecule has 1 atom stereocenters. The maximum absolute atomic E-state index is 12.9. The number of aliphatic hydroxyl groups is 1. The van der Waals surface area contributed by atoms with E-state index in [-0.39, 0.29) is 47.7 Å². The molecule has 1 unspecified atom stereocenters. The summed E-state index contributed by atoms with van der Waals surface area (Å²) in [6.07, 6.45) is 24.7. The largest absolute Gasteiger partial charge is 0.515 e. The third-order valence-corrected chi connectivity index (χ3v) is 19.8. The molecule has 5 heterocycles. The van der Waals surface area contributed by atoms with Crippen LogP contribution in [0.3, 0.4) is 0 Å². The molecule has 3 aliphatic heterocycles. The predicted octanol–water partition coefficient (Wildman–Crippen LogP) is 15.4. The first kappa shape index (κ1) is 92.0. The molecule has 3 fully saturated rings. The van der Waals surface area contributed by atoms with Gasteiger partial charge in [-0.2, -0.15) is 13.2 Å². The number of nitrogens with zero attached hydrogens (tertiary/aromatic N) is 7. The minimum absolute atomic E-state index is 0.00748. The van der Waals surface area contributed by atoms with Crippen molar-refractivity contribution in [1.82, 2.24) is 24.5 Å². The second-order valence-corrected chi connectivity index (χ2v) is 29.5. The van der Waals surface area contributed by atoms with Crippen LogP contribution in [-0.4, -0.2) is 137 Å². The number of alkyl halides is 3. The first-order chi connectivity index (χ1) is 52.5. The van der Waals surface area contributed by atoms with E-state index in [0.29, 0.717) is 67.5 Å². The van der Waals surface area contributed by atoms with Crippen LogP contribution < -0.4 is 20.7 Å². The van der Waals surface area contributed by atoms with Gasteiger partial charge < -0.3 is 33.9 Å². The zero-order valence-corrected chi connectivity index (χ0v) is 65.0. The smallest absolute Gasteiger partial charge is 0.473 e. The van der Waals surface area contributed by atoms with Crippen LogP contribution in [0.5, 0.6) is 5.88 Å². The van der Waals surface area contributed by atoms with Gasteiger partial charge in [-0.3, -0.25) is 34.4 Å². The highest BCUT2D eigenvalue weighted by Gasteiger charge is 2.47. The lowest BCUT2D eigenvalue weighted by Gasteiger charge is -2.17. The highest BCUT2D eigenvalue weighted by molar-refractivity contribution is 8.20. The van der Waals surface area contributed by atoms with Gasteiger partial charge in [0.15, 0.2) is 5.70 Å². The van der Waals surface area contributed by atoms with Crippen molar-refractivity contribution in [3.63, 3.8) is 0 Å². The Morgan fingerprint density at radius 3 is 1.75 bits per heavy atom. The number of pyridine rings is 1. The van der Waals surface area contributed by atoms with E-state index in [1.54, 1.807) is 121 Å². The highest BCUT2D eigenvalue weighted by atomic mass is 32.2. The quantitative estimate of drug-likeness (QED) is 0.00328. The highest BCUT2D eigenvalue weighted by Crippen LogP contribution is 2.40. The molecule has 594 valence electrons. The van der Waals surface area contributed by atoms with Crippen LogP contribution in [0.4, 0.5) is 18.9 Å². The molecule has 4 N–H and O–H groups in total. The number of aliphatic hydroxyl groups excluding tert-OH is 1. The number of anilines is 1. The third kappa shape index (κ3) is 35.7. The van der Waals surface area contributed by atoms with Gasteiger partial charge in [-0.1, -0.05) is 202 Å². The summed E-state index contributed by atoms with van der Waals surface area (Å²) < 4.78 is 83.1. The molecule has 2 aromatic heterocycles. The Labute approximate surface area is 645 Å². The molecule has 8 rings (SSSR count). The molecule has 5 aromatic rings. The van der Waals surface area contributed by atoms with Gasteiger partial charge in [0.1, 0.15) is 31.3 Å². The van der Waals surface area contributed by atoms with Crippen LogP contribution in [-0.2, 0) is 71.0 Å². The summed E-state index contributed by atoms with van der Waals surface area (Å²) in [6.45, 7) is 23.6. The van der Waals surface area contributed by atoms with Gasteiger partial charge in [0, 0.05) is 35.7 Å². The molecule has 0 bridgehead atoms. The summed E-state index contributed by atoms with van der Waals surface area (Å²) in [5.41, 5.74) is 5.17. The van der Waals surface area contributed by atoms with E-state index in [1.807, 2.05) is 19.1 Å². The number of rotatable bonds is 38. The number of amides is 3. The topological polar surface area (TPSA) is 304 Å². The van der Waals surface area contributed by atoms with Crippen LogP contribution in [0, 0.1) is 19.1 Å². The molecule has 3 saturated heterocycles. The van der Waals surface area contributed by atoms with Crippen molar-refractivity contribution >= 4 is 80.7 Å². The van der Waals surface area contributed by atoms with Gasteiger partial charge in [-0.05, 0) is 68.1 Å². The number of esters is 2. The predicted molar refractivity (Wildman–Crippen MR) is 416 cm³/mol. The van der Waals surface area contributed by atoms with Crippen molar-refractivity contribution in [3.05, 3.63) is 200 Å². The summed E-state index contributed by atoms with van der Waals surface area (Å²) in [5, 5.41) is 20.7. The molecule has 0 spiro atoms. The first-order valence-electron chi connectivity index (χ1n) is 36.5. The lowest BCUT2D eigenvalue weighted by Crippen LogP contribution is -2.36. The molecule has 25 nitrogen and oxygen atoms in total. The van der Waals surface area contributed by atoms with Crippen LogP contribution in [0.25, 0.3) is 15.3 Å². The van der Waals surface area contributed by atoms with Crippen LogP contribution in [0.2, 0.25) is 0 Å². The standard InChI is InChI=1S/C25H36N2O4S2.C20H16F3N3O3.C18H29NO4.C10H13NO3.C5H8N2O2S/c1-2-3-4-5-6-7-8-9-10-11-15-31-24(30)19-13-12-14-20(18-19)27-23(29)21(22(28)26-27)25-32-16-17-33-25;21-20(22,23)19(29)24-11-16-17(27)25(12-14-7-3-1-4-8-14)26(18(16)28)13-15-9-5-2-6-10-15;1-3-4-5-6-7-8-9-10-11-12-13-21-17(20)16(19-2)18-22-14-15-23-18;1-2-13-14-8-9(7-12)10-5-3-4-6-11-10;1-5(6-2)4-7-10(3,8)9/h12-14,18,21,25H,2-11,15-17H2,1H3,(H,26,28);1-11,27H,12-13H2;3-15H2,1H3;3-7,12H,2,8H2,1H3;4,7H,1,3H3/b;;;9-7+;5-4+. The fraction of sp³-hybridized carbons (Fsp3) is 0.487. The molecule has 0 aliphatic carbocycles. The number of aliphatic imine (C=N–C) groups is 1. The zero-order chi connectivity index (χ0) is 79.7. The number of thioether (sulfide) groups is 2. The second kappa shape index (κ2) is 52.6. The third-order valence-electron chi connectivity index (χ3n) is 16.1. The fourth-order valence-electron chi connectivity index (χ4n) is 10.4. The van der Waals surface area contributed by atoms with Crippen LogP contribution in [0.1, 0.15) is 189 Å². The SMILES string of the molecule is CCCCCCCCCCCCOC(=O)c1cccc(N2NC(=O)C(C3SCCS3)C2=O)c1.CCOOC/C(=C\O)c1ccccn1.O=C(N=Cc1c(O)n(Cc2ccccc2)n(Cc2ccccc2)c1=O)C(F)(F)F.[C-]#[N+]/C(C)=C/NS(C)(=O)=O.[C-]#[N+]C(C(=O)OCCCCCCCCCCCC)=C1OCCO1. The number of aromatic nitrogens is 3. The summed E-state index contributed by atoms with van der Waals surface area (Å²) in [7, 11) is -3.20. The monoisotopic (exact) mass is 1570 g/mol. The Balaban J connectivity index is 0.000000303. The van der Waals surface area contributed by atoms with Crippen molar-refractivity contribution in [2.24, 2.45) is 10.9 Å². The number of carbonyl (C=O) groups excluding carboxylic acids is 5. The van der Waals surface area contributed by atoms with E-state index in [9.17, 15) is 55.5 Å². The van der Waals surface area contributed by atoms with Crippen LogP contribution >= 0.6 is 23.5 Å².